The molecule has 0 radical (unpaired) electrons. The van der Waals surface area contributed by atoms with Crippen molar-refractivity contribution < 1.29 is 9.53 Å². The highest BCUT2D eigenvalue weighted by atomic mass is 16.5. The fourth-order valence-electron chi connectivity index (χ4n) is 2.05. The van der Waals surface area contributed by atoms with E-state index in [0.717, 1.165) is 32.5 Å². The summed E-state index contributed by atoms with van der Waals surface area (Å²) in [6.45, 7) is 6.86. The van der Waals surface area contributed by atoms with Gasteiger partial charge in [-0.1, -0.05) is 0 Å². The number of ether oxygens (including phenoxy) is 1. The Morgan fingerprint density at radius 3 is 2.71 bits per heavy atom. The van der Waals surface area contributed by atoms with Crippen molar-refractivity contribution >= 4 is 5.91 Å². The zero-order valence-electron chi connectivity index (χ0n) is 10.5. The molecule has 1 aromatic heterocycles. The number of amides is 1. The van der Waals surface area contributed by atoms with Crippen molar-refractivity contribution in [1.29, 1.82) is 0 Å². The lowest BCUT2D eigenvalue weighted by atomic mass is 10.3. The van der Waals surface area contributed by atoms with Gasteiger partial charge >= 0.3 is 0 Å². The van der Waals surface area contributed by atoms with Gasteiger partial charge in [0.1, 0.15) is 5.56 Å². The van der Waals surface area contributed by atoms with E-state index < -0.39 is 0 Å². The lowest BCUT2D eigenvalue weighted by Crippen LogP contribution is -2.27. The molecule has 94 valence electrons. The van der Waals surface area contributed by atoms with E-state index in [0.29, 0.717) is 18.1 Å². The average Bonchev–Trinajstić information content (AvgIpc) is 2.97. The van der Waals surface area contributed by atoms with Gasteiger partial charge in [0, 0.05) is 25.8 Å². The van der Waals surface area contributed by atoms with Gasteiger partial charge in [0.15, 0.2) is 0 Å². The first-order valence-electron chi connectivity index (χ1n) is 6.25. The number of carbonyl (C=O) groups excluding carboxylic acids is 1. The van der Waals surface area contributed by atoms with E-state index in [2.05, 4.69) is 5.10 Å². The second-order valence-corrected chi connectivity index (χ2v) is 4.14. The molecule has 0 spiro atoms. The summed E-state index contributed by atoms with van der Waals surface area (Å²) in [7, 11) is 0. The second kappa shape index (κ2) is 5.21. The average molecular weight is 237 g/mol. The van der Waals surface area contributed by atoms with Crippen LogP contribution >= 0.6 is 0 Å². The highest BCUT2D eigenvalue weighted by molar-refractivity contribution is 5.96. The first-order valence-corrected chi connectivity index (χ1v) is 6.25. The van der Waals surface area contributed by atoms with Crippen LogP contribution in [0, 0.1) is 0 Å². The molecular formula is C12H19N3O2. The van der Waals surface area contributed by atoms with Gasteiger partial charge in [-0.05, 0) is 26.7 Å². The van der Waals surface area contributed by atoms with Crippen LogP contribution in [-0.4, -0.2) is 40.3 Å². The van der Waals surface area contributed by atoms with Crippen molar-refractivity contribution in [2.75, 3.05) is 19.7 Å². The monoisotopic (exact) mass is 237 g/mol. The number of rotatable bonds is 4. The second-order valence-electron chi connectivity index (χ2n) is 4.14. The minimum absolute atomic E-state index is 0.0469. The molecule has 2 rings (SSSR count). The molecule has 0 saturated carbocycles. The minimum Gasteiger partial charge on any atom is -0.476 e. The van der Waals surface area contributed by atoms with Crippen LogP contribution in [0.1, 0.15) is 37.0 Å². The molecule has 0 N–H and O–H groups in total. The number of carbonyl (C=O) groups is 1. The van der Waals surface area contributed by atoms with Crippen molar-refractivity contribution in [3.8, 4) is 5.88 Å². The third kappa shape index (κ3) is 2.43. The van der Waals surface area contributed by atoms with E-state index in [1.54, 1.807) is 10.9 Å². The van der Waals surface area contributed by atoms with Crippen molar-refractivity contribution in [2.24, 2.45) is 0 Å². The van der Waals surface area contributed by atoms with Gasteiger partial charge in [-0.15, -0.1) is 5.10 Å². The maximum Gasteiger partial charge on any atom is 0.260 e. The van der Waals surface area contributed by atoms with Crippen LogP contribution in [0.2, 0.25) is 0 Å². The predicted molar refractivity (Wildman–Crippen MR) is 64.2 cm³/mol. The molecule has 0 aromatic carbocycles. The number of aryl methyl sites for hydroxylation is 1. The summed E-state index contributed by atoms with van der Waals surface area (Å²) >= 11 is 0. The van der Waals surface area contributed by atoms with Gasteiger partial charge in [0.25, 0.3) is 5.91 Å². The Kier molecular flexibility index (Phi) is 3.66. The Hall–Kier alpha value is -1.52. The van der Waals surface area contributed by atoms with Gasteiger partial charge < -0.3 is 9.64 Å². The molecule has 2 heterocycles. The van der Waals surface area contributed by atoms with E-state index in [-0.39, 0.29) is 5.91 Å². The molecule has 1 aliphatic rings. The summed E-state index contributed by atoms with van der Waals surface area (Å²) in [6.07, 6.45) is 3.97. The van der Waals surface area contributed by atoms with Crippen molar-refractivity contribution in [3.63, 3.8) is 0 Å². The topological polar surface area (TPSA) is 47.4 Å². The zero-order valence-corrected chi connectivity index (χ0v) is 10.5. The Morgan fingerprint density at radius 2 is 2.12 bits per heavy atom. The van der Waals surface area contributed by atoms with Crippen LogP contribution in [0.5, 0.6) is 5.88 Å². The third-order valence-electron chi connectivity index (χ3n) is 2.96. The lowest BCUT2D eigenvalue weighted by Gasteiger charge is -2.14. The summed E-state index contributed by atoms with van der Waals surface area (Å²) in [4.78, 5) is 14.1. The van der Waals surface area contributed by atoms with Gasteiger partial charge in [-0.25, -0.2) is 0 Å². The predicted octanol–water partition coefficient (Wildman–Crippen LogP) is 1.54. The Bertz CT molecular complexity index is 394. The van der Waals surface area contributed by atoms with Crippen LogP contribution < -0.4 is 4.74 Å². The molecule has 0 unspecified atom stereocenters. The number of hydrogen-bond acceptors (Lipinski definition) is 3. The van der Waals surface area contributed by atoms with E-state index in [9.17, 15) is 4.79 Å². The van der Waals surface area contributed by atoms with E-state index in [1.807, 2.05) is 18.7 Å². The van der Waals surface area contributed by atoms with Gasteiger partial charge in [0.05, 0.1) is 6.61 Å². The Balaban J connectivity index is 2.22. The molecule has 0 aliphatic carbocycles. The normalized spacial score (nSPS) is 15.3. The molecule has 0 bridgehead atoms. The van der Waals surface area contributed by atoms with E-state index in [1.165, 1.54) is 0 Å². The summed E-state index contributed by atoms with van der Waals surface area (Å²) in [5, 5.41) is 4.26. The standard InChI is InChI=1S/C12H19N3O2/c1-3-15-9-10(11(13-15)17-4-2)12(16)14-7-5-6-8-14/h9H,3-8H2,1-2H3. The van der Waals surface area contributed by atoms with Crippen LogP contribution in [0.25, 0.3) is 0 Å². The molecule has 5 heteroatoms. The highest BCUT2D eigenvalue weighted by Gasteiger charge is 2.24. The molecule has 1 aliphatic heterocycles. The van der Waals surface area contributed by atoms with Crippen molar-refractivity contribution in [2.45, 2.75) is 33.2 Å². The highest BCUT2D eigenvalue weighted by Crippen LogP contribution is 2.20. The molecule has 5 nitrogen and oxygen atoms in total. The molecule has 1 aromatic rings. The molecular weight excluding hydrogens is 218 g/mol. The third-order valence-corrected chi connectivity index (χ3v) is 2.96. The first-order chi connectivity index (χ1) is 8.26. The Labute approximate surface area is 101 Å². The fraction of sp³-hybridized carbons (Fsp3) is 0.667. The molecule has 17 heavy (non-hydrogen) atoms. The van der Waals surface area contributed by atoms with Crippen LogP contribution in [-0.2, 0) is 6.54 Å². The lowest BCUT2D eigenvalue weighted by molar-refractivity contribution is 0.0788. The Morgan fingerprint density at radius 1 is 1.41 bits per heavy atom. The van der Waals surface area contributed by atoms with Gasteiger partial charge in [0.2, 0.25) is 5.88 Å². The summed E-state index contributed by atoms with van der Waals surface area (Å²) in [5.41, 5.74) is 0.593. The van der Waals surface area contributed by atoms with Gasteiger partial charge in [-0.3, -0.25) is 9.48 Å². The number of aromatic nitrogens is 2. The van der Waals surface area contributed by atoms with Crippen LogP contribution in [0.3, 0.4) is 0 Å². The van der Waals surface area contributed by atoms with Crippen LogP contribution in [0.15, 0.2) is 6.20 Å². The fourth-order valence-corrected chi connectivity index (χ4v) is 2.05. The zero-order chi connectivity index (χ0) is 12.3. The summed E-state index contributed by atoms with van der Waals surface area (Å²) in [6, 6.07) is 0. The maximum atomic E-state index is 12.3. The number of hydrogen-bond donors (Lipinski definition) is 0. The molecule has 1 fully saturated rings. The molecule has 0 atom stereocenters. The van der Waals surface area contributed by atoms with Crippen molar-refractivity contribution in [1.82, 2.24) is 14.7 Å². The smallest absolute Gasteiger partial charge is 0.260 e. The quantitative estimate of drug-likeness (QED) is 0.798. The largest absolute Gasteiger partial charge is 0.476 e. The summed E-state index contributed by atoms with van der Waals surface area (Å²) < 4.78 is 7.17. The maximum absolute atomic E-state index is 12.3. The number of nitrogens with zero attached hydrogens (tertiary/aromatic N) is 3. The number of likely N-dealkylation sites (tertiary alicyclic amines) is 1. The molecule has 1 amide bonds. The molecule has 1 saturated heterocycles. The SMILES string of the molecule is CCOc1nn(CC)cc1C(=O)N1CCCC1. The van der Waals surface area contributed by atoms with Crippen molar-refractivity contribution in [3.05, 3.63) is 11.8 Å². The minimum atomic E-state index is 0.0469. The van der Waals surface area contributed by atoms with Gasteiger partial charge in [-0.2, -0.15) is 0 Å². The first kappa shape index (κ1) is 12.0. The summed E-state index contributed by atoms with van der Waals surface area (Å²) in [5.74, 6) is 0.511. The van der Waals surface area contributed by atoms with Crippen LogP contribution in [0.4, 0.5) is 0 Å². The van der Waals surface area contributed by atoms with E-state index >= 15 is 0 Å². The van der Waals surface area contributed by atoms with E-state index in [4.69, 9.17) is 4.74 Å².